The zero-order valence-electron chi connectivity index (χ0n) is 17.3. The van der Waals surface area contributed by atoms with Crippen LogP contribution in [0.25, 0.3) is 0 Å². The van der Waals surface area contributed by atoms with Crippen molar-refractivity contribution >= 4 is 10.0 Å². The average Bonchev–Trinajstić information content (AvgIpc) is 3.07. The second-order valence-electron chi connectivity index (χ2n) is 8.34. The van der Waals surface area contributed by atoms with E-state index in [1.807, 2.05) is 43.3 Å². The van der Waals surface area contributed by atoms with Crippen molar-refractivity contribution in [2.24, 2.45) is 5.41 Å². The third kappa shape index (κ3) is 4.09. The number of nitrogens with zero attached hydrogens (tertiary/aromatic N) is 1. The quantitative estimate of drug-likeness (QED) is 0.715. The number of allylic oxidation sites excluding steroid dienone is 1. The van der Waals surface area contributed by atoms with Crippen molar-refractivity contribution in [3.05, 3.63) is 70.9 Å². The van der Waals surface area contributed by atoms with Crippen LogP contribution in [0, 0.1) is 12.3 Å². The van der Waals surface area contributed by atoms with Crippen molar-refractivity contribution in [1.82, 2.24) is 4.31 Å². The monoisotopic (exact) mass is 399 g/mol. The van der Waals surface area contributed by atoms with Gasteiger partial charge in [0.2, 0.25) is 0 Å². The van der Waals surface area contributed by atoms with Gasteiger partial charge in [0.1, 0.15) is 5.75 Å². The Morgan fingerprint density at radius 1 is 1.00 bits per heavy atom. The van der Waals surface area contributed by atoms with E-state index >= 15 is 0 Å². The van der Waals surface area contributed by atoms with Gasteiger partial charge in [0.25, 0.3) is 10.0 Å². The predicted molar refractivity (Wildman–Crippen MR) is 113 cm³/mol. The minimum Gasteiger partial charge on any atom is -0.497 e. The van der Waals surface area contributed by atoms with Crippen LogP contribution in [0.15, 0.2) is 64.7 Å². The van der Waals surface area contributed by atoms with Crippen LogP contribution >= 0.6 is 0 Å². The number of sulfonamides is 1. The zero-order chi connectivity index (χ0) is 20.5. The standard InChI is InChI=1S/C23H29NO3S/c1-17-6-12-20(13-7-17)28(25,26)24-15-14-21(23(2,3)4)22(24)16-18-8-10-19(27-5)11-9-18/h6-13H,14-16H2,1-5H3. The lowest BCUT2D eigenvalue weighted by atomic mass is 9.83. The van der Waals surface area contributed by atoms with E-state index in [0.29, 0.717) is 17.9 Å². The fraction of sp³-hybridized carbons (Fsp3) is 0.391. The molecule has 3 rings (SSSR count). The number of benzene rings is 2. The number of hydrogen-bond donors (Lipinski definition) is 0. The molecule has 0 amide bonds. The van der Waals surface area contributed by atoms with Crippen LogP contribution in [-0.4, -0.2) is 26.4 Å². The minimum atomic E-state index is -3.58. The summed E-state index contributed by atoms with van der Waals surface area (Å²) >= 11 is 0. The second-order valence-corrected chi connectivity index (χ2v) is 10.2. The van der Waals surface area contributed by atoms with E-state index < -0.39 is 10.0 Å². The van der Waals surface area contributed by atoms with Crippen LogP contribution in [0.5, 0.6) is 5.75 Å². The molecule has 4 nitrogen and oxygen atoms in total. The van der Waals surface area contributed by atoms with Crippen molar-refractivity contribution < 1.29 is 13.2 Å². The smallest absolute Gasteiger partial charge is 0.264 e. The minimum absolute atomic E-state index is 0.0840. The highest BCUT2D eigenvalue weighted by Crippen LogP contribution is 2.40. The molecule has 1 aliphatic rings. The first-order valence-corrected chi connectivity index (χ1v) is 11.0. The molecule has 1 aliphatic heterocycles. The Morgan fingerprint density at radius 3 is 2.14 bits per heavy atom. The molecule has 0 aromatic heterocycles. The second kappa shape index (κ2) is 7.63. The summed E-state index contributed by atoms with van der Waals surface area (Å²) in [5.41, 5.74) is 4.14. The van der Waals surface area contributed by atoms with Gasteiger partial charge in [0.05, 0.1) is 12.0 Å². The van der Waals surface area contributed by atoms with E-state index in [4.69, 9.17) is 4.74 Å². The summed E-state index contributed by atoms with van der Waals surface area (Å²) in [6.45, 7) is 8.91. The van der Waals surface area contributed by atoms with Crippen molar-refractivity contribution in [3.63, 3.8) is 0 Å². The molecule has 0 spiro atoms. The lowest BCUT2D eigenvalue weighted by Gasteiger charge is -2.26. The maximum absolute atomic E-state index is 13.4. The van der Waals surface area contributed by atoms with E-state index in [1.165, 1.54) is 5.57 Å². The van der Waals surface area contributed by atoms with Crippen LogP contribution < -0.4 is 4.74 Å². The third-order valence-corrected chi connectivity index (χ3v) is 7.11. The summed E-state index contributed by atoms with van der Waals surface area (Å²) in [4.78, 5) is 0.348. The number of hydrogen-bond acceptors (Lipinski definition) is 3. The van der Waals surface area contributed by atoms with Gasteiger partial charge in [-0.1, -0.05) is 50.6 Å². The summed E-state index contributed by atoms with van der Waals surface area (Å²) in [6, 6.07) is 14.9. The molecule has 5 heteroatoms. The van der Waals surface area contributed by atoms with Gasteiger partial charge in [0.15, 0.2) is 0 Å². The Labute approximate surface area is 168 Å². The maximum atomic E-state index is 13.4. The summed E-state index contributed by atoms with van der Waals surface area (Å²) in [5.74, 6) is 0.796. The van der Waals surface area contributed by atoms with Gasteiger partial charge in [-0.25, -0.2) is 8.42 Å². The number of methoxy groups -OCH3 is 1. The number of aryl methyl sites for hydroxylation is 1. The summed E-state index contributed by atoms with van der Waals surface area (Å²) < 4.78 is 33.6. The van der Waals surface area contributed by atoms with Gasteiger partial charge in [-0.15, -0.1) is 0 Å². The van der Waals surface area contributed by atoms with Gasteiger partial charge < -0.3 is 4.74 Å². The highest BCUT2D eigenvalue weighted by molar-refractivity contribution is 7.89. The maximum Gasteiger partial charge on any atom is 0.264 e. The first kappa shape index (κ1) is 20.5. The highest BCUT2D eigenvalue weighted by Gasteiger charge is 2.36. The molecule has 150 valence electrons. The third-order valence-electron chi connectivity index (χ3n) is 5.26. The first-order valence-electron chi connectivity index (χ1n) is 9.58. The molecule has 1 heterocycles. The molecule has 0 aliphatic carbocycles. The van der Waals surface area contributed by atoms with Gasteiger partial charge in [0, 0.05) is 18.7 Å². The van der Waals surface area contributed by atoms with Crippen LogP contribution in [0.4, 0.5) is 0 Å². The molecule has 0 bridgehead atoms. The Kier molecular flexibility index (Phi) is 5.57. The molecule has 0 atom stereocenters. The molecule has 0 saturated carbocycles. The molecule has 0 N–H and O–H groups in total. The van der Waals surface area contributed by atoms with E-state index in [1.54, 1.807) is 23.5 Å². The predicted octanol–water partition coefficient (Wildman–Crippen LogP) is 4.94. The SMILES string of the molecule is COc1ccc(CC2=C(C(C)(C)C)CCN2S(=O)(=O)c2ccc(C)cc2)cc1. The van der Waals surface area contributed by atoms with Crippen molar-refractivity contribution in [1.29, 1.82) is 0 Å². The Morgan fingerprint density at radius 2 is 1.61 bits per heavy atom. The van der Waals surface area contributed by atoms with E-state index in [9.17, 15) is 8.42 Å². The summed E-state index contributed by atoms with van der Waals surface area (Å²) in [6.07, 6.45) is 1.35. The molecular weight excluding hydrogens is 370 g/mol. The molecule has 2 aromatic rings. The molecule has 0 fully saturated rings. The molecule has 0 saturated heterocycles. The van der Waals surface area contributed by atoms with E-state index in [-0.39, 0.29) is 5.41 Å². The topological polar surface area (TPSA) is 46.6 Å². The Balaban J connectivity index is 2.02. The summed E-state index contributed by atoms with van der Waals surface area (Å²) in [5, 5.41) is 0. The molecular formula is C23H29NO3S. The van der Waals surface area contributed by atoms with E-state index in [0.717, 1.165) is 29.0 Å². The normalized spacial score (nSPS) is 15.2. The van der Waals surface area contributed by atoms with Crippen LogP contribution in [0.2, 0.25) is 0 Å². The molecule has 0 radical (unpaired) electrons. The molecule has 2 aromatic carbocycles. The van der Waals surface area contributed by atoms with Crippen molar-refractivity contribution in [2.75, 3.05) is 13.7 Å². The highest BCUT2D eigenvalue weighted by atomic mass is 32.2. The first-order chi connectivity index (χ1) is 13.1. The molecule has 0 unspecified atom stereocenters. The van der Waals surface area contributed by atoms with Crippen LogP contribution in [0.1, 0.15) is 38.3 Å². The largest absolute Gasteiger partial charge is 0.497 e. The van der Waals surface area contributed by atoms with Gasteiger partial charge in [-0.3, -0.25) is 4.31 Å². The molecule has 28 heavy (non-hydrogen) atoms. The fourth-order valence-corrected chi connectivity index (χ4v) is 5.22. The average molecular weight is 400 g/mol. The fourth-order valence-electron chi connectivity index (χ4n) is 3.69. The Bertz CT molecular complexity index is 966. The lowest BCUT2D eigenvalue weighted by molar-refractivity contribution is 0.414. The number of rotatable bonds is 5. The van der Waals surface area contributed by atoms with Crippen LogP contribution in [-0.2, 0) is 16.4 Å². The van der Waals surface area contributed by atoms with Crippen molar-refractivity contribution in [3.8, 4) is 5.75 Å². The lowest BCUT2D eigenvalue weighted by Crippen LogP contribution is -2.29. The zero-order valence-corrected chi connectivity index (χ0v) is 18.1. The summed E-state index contributed by atoms with van der Waals surface area (Å²) in [7, 11) is -1.94. The van der Waals surface area contributed by atoms with Crippen molar-refractivity contribution in [2.45, 2.75) is 45.4 Å². The Hall–Kier alpha value is -2.27. The van der Waals surface area contributed by atoms with E-state index in [2.05, 4.69) is 20.8 Å². The van der Waals surface area contributed by atoms with Gasteiger partial charge >= 0.3 is 0 Å². The van der Waals surface area contributed by atoms with Gasteiger partial charge in [-0.05, 0) is 54.2 Å². The van der Waals surface area contributed by atoms with Gasteiger partial charge in [-0.2, -0.15) is 0 Å². The van der Waals surface area contributed by atoms with Crippen LogP contribution in [0.3, 0.4) is 0 Å². The number of ether oxygens (including phenoxy) is 1.